The molecule has 1 atom stereocenters. The molecular weight excluding hydrogens is 799 g/mol. The van der Waals surface area contributed by atoms with Crippen molar-refractivity contribution in [3.8, 4) is 11.5 Å². The number of fused-ring (bicyclic) bond motifs is 1. The van der Waals surface area contributed by atoms with Crippen LogP contribution in [-0.2, 0) is 48.2 Å². The van der Waals surface area contributed by atoms with Crippen molar-refractivity contribution >= 4 is 72.2 Å². The number of phenols is 1. The van der Waals surface area contributed by atoms with Crippen LogP contribution in [0.25, 0.3) is 49.2 Å². The van der Waals surface area contributed by atoms with Gasteiger partial charge >= 0.3 is 0 Å². The van der Waals surface area contributed by atoms with Gasteiger partial charge in [-0.15, -0.1) is 0 Å². The van der Waals surface area contributed by atoms with Crippen LogP contribution in [0.1, 0.15) is 98.9 Å². The number of Topliss-reactive ketones (excluding diaryl/α,β-unsaturated/α-hetero) is 3. The monoisotopic (exact) mass is 855 g/mol. The lowest BCUT2D eigenvalue weighted by molar-refractivity contribution is -0.120. The number of methoxy groups -OCH3 is 2. The van der Waals surface area contributed by atoms with Gasteiger partial charge in [-0.05, 0) is 96.3 Å². The Balaban J connectivity index is 1.57. The summed E-state index contributed by atoms with van der Waals surface area (Å²) in [6.07, 6.45) is 4.83. The predicted molar refractivity (Wildman–Crippen MR) is 238 cm³/mol. The molecule has 0 bridgehead atoms. The van der Waals surface area contributed by atoms with Crippen molar-refractivity contribution in [2.24, 2.45) is 0 Å². The topological polar surface area (TPSA) is 215 Å². The molecule has 0 aromatic heterocycles. The van der Waals surface area contributed by atoms with E-state index in [0.717, 1.165) is 0 Å². The Kier molecular flexibility index (Phi) is 15.6. The summed E-state index contributed by atoms with van der Waals surface area (Å²) >= 11 is 0. The minimum Gasteiger partial charge on any atom is -0.507 e. The number of hydrogen-bond acceptors (Lipinski definition) is 14. The summed E-state index contributed by atoms with van der Waals surface area (Å²) in [5, 5.41) is 48.8. The van der Waals surface area contributed by atoms with Gasteiger partial charge in [-0.1, -0.05) is 11.6 Å². The lowest BCUT2D eigenvalue weighted by Crippen LogP contribution is -2.19. The number of anilines is 1. The molecule has 0 saturated heterocycles. The molecule has 0 fully saturated rings. The van der Waals surface area contributed by atoms with Gasteiger partial charge < -0.3 is 44.7 Å². The molecule has 5 aromatic carbocycles. The first-order valence-electron chi connectivity index (χ1n) is 21.3. The van der Waals surface area contributed by atoms with Crippen LogP contribution in [0.4, 0.5) is 5.69 Å². The first kappa shape index (κ1) is 46.4. The number of ketones is 3. The fourth-order valence-electron chi connectivity index (χ4n) is 9.21. The van der Waals surface area contributed by atoms with Gasteiger partial charge in [-0.25, -0.2) is 0 Å². The lowest BCUT2D eigenvalue weighted by atomic mass is 9.78. The maximum absolute atomic E-state index is 14.9. The molecule has 0 saturated carbocycles. The minimum atomic E-state index is -0.983. The molecule has 0 amide bonds. The van der Waals surface area contributed by atoms with Crippen LogP contribution in [0.2, 0.25) is 0 Å². The standard InChI is InChI=1S/C48H57NO13/c1-26-21-33-32(12-5-9-30(54)10-6-17-62-20-19-59-3)46(57)41-35(56)23-29(25-52)38-37-28(24-51)22-34(49-14-13-31(55)11-7-16-61-18-8-15-50)40-43(37)44(39(33)42(38)41)45(36(26)27(2)53)48(60-4)47(40)58/h21-23,36,49-52,57H,5-20,24-25H2,1-4H3. The number of aliphatic hydroxyl groups is 3. The maximum Gasteiger partial charge on any atom is 0.230 e. The van der Waals surface area contributed by atoms with Crippen molar-refractivity contribution < 1.29 is 53.8 Å². The Morgan fingerprint density at radius 2 is 1.32 bits per heavy atom. The average Bonchev–Trinajstić information content (AvgIpc) is 3.38. The van der Waals surface area contributed by atoms with Crippen LogP contribution in [0.3, 0.4) is 0 Å². The number of nitrogens with one attached hydrogen (secondary N) is 1. The van der Waals surface area contributed by atoms with Crippen molar-refractivity contribution in [3.05, 3.63) is 66.0 Å². The van der Waals surface area contributed by atoms with Gasteiger partial charge in [-0.2, -0.15) is 0 Å². The van der Waals surface area contributed by atoms with Gasteiger partial charge in [0, 0.05) is 93.4 Å². The molecule has 62 heavy (non-hydrogen) atoms. The van der Waals surface area contributed by atoms with Crippen LogP contribution in [0, 0.1) is 0 Å². The van der Waals surface area contributed by atoms with E-state index in [2.05, 4.69) is 5.32 Å². The second-order valence-electron chi connectivity index (χ2n) is 16.0. The normalized spacial score (nSPS) is 13.8. The molecular formula is C48H57NO13. The highest BCUT2D eigenvalue weighted by Gasteiger charge is 2.36. The molecule has 0 radical (unpaired) electrons. The number of carbonyl (C=O) groups excluding carboxylic acids is 3. The Labute approximate surface area is 359 Å². The third-order valence-electron chi connectivity index (χ3n) is 11.9. The van der Waals surface area contributed by atoms with Gasteiger partial charge in [-0.3, -0.25) is 24.0 Å². The first-order valence-corrected chi connectivity index (χ1v) is 21.3. The SMILES string of the molecule is COCCOCCCC(=O)CCCc1c(O)c2c(=O)cc(CO)c3c4c(CO)cc(NCCC(=O)CCCOCCCO)c5c(=O)c(OC)c6c(c(c1C=C(C)C6C(C)=O)c23)c54. The second kappa shape index (κ2) is 20.9. The summed E-state index contributed by atoms with van der Waals surface area (Å²) in [4.78, 5) is 68.8. The summed E-state index contributed by atoms with van der Waals surface area (Å²) in [5.74, 6) is -1.64. The Bertz CT molecular complexity index is 2620. The third kappa shape index (κ3) is 9.03. The van der Waals surface area contributed by atoms with Gasteiger partial charge in [0.25, 0.3) is 0 Å². The highest BCUT2D eigenvalue weighted by Crippen LogP contribution is 2.54. The number of carbonyl (C=O) groups is 3. The average molecular weight is 856 g/mol. The van der Waals surface area contributed by atoms with Crippen LogP contribution < -0.4 is 20.9 Å². The summed E-state index contributed by atoms with van der Waals surface area (Å²) in [6, 6.07) is 2.88. The highest BCUT2D eigenvalue weighted by molar-refractivity contribution is 6.39. The molecule has 332 valence electrons. The predicted octanol–water partition coefficient (Wildman–Crippen LogP) is 5.57. The maximum atomic E-state index is 14.9. The van der Waals surface area contributed by atoms with Crippen LogP contribution in [0.15, 0.2) is 27.3 Å². The molecule has 5 aromatic rings. The molecule has 0 spiro atoms. The summed E-state index contributed by atoms with van der Waals surface area (Å²) in [6.45, 7) is 4.37. The number of phenolic OH excluding ortho intramolecular Hbond substituents is 1. The van der Waals surface area contributed by atoms with Crippen molar-refractivity contribution in [3.63, 3.8) is 0 Å². The quantitative estimate of drug-likeness (QED) is 0.0261. The molecule has 5 N–H and O–H groups in total. The molecule has 1 aliphatic rings. The van der Waals surface area contributed by atoms with E-state index < -0.39 is 30.0 Å². The number of ether oxygens (including phenoxy) is 4. The van der Waals surface area contributed by atoms with E-state index >= 15 is 0 Å². The minimum absolute atomic E-state index is 0.0175. The van der Waals surface area contributed by atoms with Gasteiger partial charge in [0.2, 0.25) is 5.43 Å². The van der Waals surface area contributed by atoms with E-state index in [0.29, 0.717) is 125 Å². The summed E-state index contributed by atoms with van der Waals surface area (Å²) < 4.78 is 21.9. The molecule has 14 heteroatoms. The van der Waals surface area contributed by atoms with Crippen molar-refractivity contribution in [1.29, 1.82) is 0 Å². The zero-order valence-electron chi connectivity index (χ0n) is 36.0. The fourth-order valence-corrected chi connectivity index (χ4v) is 9.21. The Hall–Kier alpha value is -5.09. The fraction of sp³-hybridized carbons (Fsp3) is 0.479. The van der Waals surface area contributed by atoms with E-state index in [1.807, 2.05) is 0 Å². The summed E-state index contributed by atoms with van der Waals surface area (Å²) in [7, 11) is 2.94. The van der Waals surface area contributed by atoms with Gasteiger partial charge in [0.15, 0.2) is 11.2 Å². The number of hydrogen-bond donors (Lipinski definition) is 5. The van der Waals surface area contributed by atoms with Crippen molar-refractivity contribution in [2.45, 2.75) is 90.8 Å². The second-order valence-corrected chi connectivity index (χ2v) is 16.0. The Morgan fingerprint density at radius 1 is 0.710 bits per heavy atom. The summed E-state index contributed by atoms with van der Waals surface area (Å²) in [5.41, 5.74) is 1.56. The van der Waals surface area contributed by atoms with E-state index in [1.165, 1.54) is 20.1 Å². The number of benzene rings is 5. The van der Waals surface area contributed by atoms with E-state index in [-0.39, 0.29) is 89.6 Å². The zero-order valence-corrected chi connectivity index (χ0v) is 36.0. The van der Waals surface area contributed by atoms with Gasteiger partial charge in [0.1, 0.15) is 23.1 Å². The lowest BCUT2D eigenvalue weighted by Gasteiger charge is -2.26. The smallest absolute Gasteiger partial charge is 0.230 e. The largest absolute Gasteiger partial charge is 0.507 e. The zero-order chi connectivity index (χ0) is 44.7. The van der Waals surface area contributed by atoms with Gasteiger partial charge in [0.05, 0.1) is 50.2 Å². The number of rotatable bonds is 26. The van der Waals surface area contributed by atoms with E-state index in [9.17, 15) is 39.3 Å². The van der Waals surface area contributed by atoms with Crippen LogP contribution >= 0.6 is 0 Å². The Morgan fingerprint density at radius 3 is 1.95 bits per heavy atom. The molecule has 1 aliphatic carbocycles. The number of aliphatic hydroxyl groups excluding tert-OH is 3. The van der Waals surface area contributed by atoms with Crippen LogP contribution in [0.5, 0.6) is 11.5 Å². The molecule has 14 nitrogen and oxygen atoms in total. The molecule has 0 aliphatic heterocycles. The van der Waals surface area contributed by atoms with Crippen LogP contribution in [-0.4, -0.2) is 98.2 Å². The number of aromatic hydroxyl groups is 1. The molecule has 6 rings (SSSR count). The van der Waals surface area contributed by atoms with E-state index in [1.54, 1.807) is 26.2 Å². The highest BCUT2D eigenvalue weighted by atomic mass is 16.5. The first-order chi connectivity index (χ1) is 29.9. The molecule has 1 unspecified atom stereocenters. The molecule has 0 heterocycles. The third-order valence-corrected chi connectivity index (χ3v) is 11.9. The van der Waals surface area contributed by atoms with E-state index in [4.69, 9.17) is 24.1 Å². The number of allylic oxidation sites excluding steroid dienone is 1. The van der Waals surface area contributed by atoms with Crippen molar-refractivity contribution in [1.82, 2.24) is 0 Å². The van der Waals surface area contributed by atoms with Crippen molar-refractivity contribution in [2.75, 3.05) is 65.7 Å².